The highest BCUT2D eigenvalue weighted by Crippen LogP contribution is 2.31. The molecule has 0 aliphatic heterocycles. The lowest BCUT2D eigenvalue weighted by Crippen LogP contribution is -1.83. The summed E-state index contributed by atoms with van der Waals surface area (Å²) in [5.74, 6) is 0.227. The maximum atomic E-state index is 9.28. The molecule has 1 aromatic heterocycles. The number of benzene rings is 1. The van der Waals surface area contributed by atoms with E-state index < -0.39 is 0 Å². The normalized spacial score (nSPS) is 10.2. The SMILES string of the molecule is Oc1cccc(Sc2ncncc2Cl)c1. The molecule has 0 radical (unpaired) electrons. The molecular weight excluding hydrogens is 232 g/mol. The molecule has 0 atom stereocenters. The van der Waals surface area contributed by atoms with E-state index in [1.54, 1.807) is 24.4 Å². The van der Waals surface area contributed by atoms with Crippen LogP contribution in [0.5, 0.6) is 5.75 Å². The van der Waals surface area contributed by atoms with E-state index in [0.717, 1.165) is 4.90 Å². The molecule has 1 heterocycles. The third-order valence-corrected chi connectivity index (χ3v) is 3.06. The maximum absolute atomic E-state index is 9.28. The van der Waals surface area contributed by atoms with Gasteiger partial charge in [0.25, 0.3) is 0 Å². The summed E-state index contributed by atoms with van der Waals surface area (Å²) in [6.07, 6.45) is 2.98. The first-order valence-corrected chi connectivity index (χ1v) is 5.37. The molecule has 0 spiro atoms. The molecule has 0 saturated heterocycles. The number of hydrogen-bond donors (Lipinski definition) is 1. The van der Waals surface area contributed by atoms with Crippen LogP contribution in [-0.2, 0) is 0 Å². The lowest BCUT2D eigenvalue weighted by molar-refractivity contribution is 0.474. The number of aromatic nitrogens is 2. The third kappa shape index (κ3) is 2.61. The van der Waals surface area contributed by atoms with Crippen LogP contribution in [0, 0.1) is 0 Å². The molecule has 3 nitrogen and oxygen atoms in total. The van der Waals surface area contributed by atoms with Gasteiger partial charge in [0.1, 0.15) is 17.1 Å². The predicted molar refractivity (Wildman–Crippen MR) is 59.3 cm³/mol. The van der Waals surface area contributed by atoms with Gasteiger partial charge in [0.05, 0.1) is 11.2 Å². The molecule has 0 aliphatic carbocycles. The van der Waals surface area contributed by atoms with Gasteiger partial charge >= 0.3 is 0 Å². The fourth-order valence-electron chi connectivity index (χ4n) is 1.04. The number of aromatic hydroxyl groups is 1. The molecule has 0 amide bonds. The lowest BCUT2D eigenvalue weighted by Gasteiger charge is -2.02. The van der Waals surface area contributed by atoms with Gasteiger partial charge in [-0.2, -0.15) is 0 Å². The molecule has 0 aliphatic rings. The molecule has 0 saturated carbocycles. The minimum Gasteiger partial charge on any atom is -0.508 e. The monoisotopic (exact) mass is 238 g/mol. The van der Waals surface area contributed by atoms with Crippen LogP contribution < -0.4 is 0 Å². The van der Waals surface area contributed by atoms with E-state index in [9.17, 15) is 5.11 Å². The van der Waals surface area contributed by atoms with Crippen molar-refractivity contribution in [2.75, 3.05) is 0 Å². The van der Waals surface area contributed by atoms with E-state index in [0.29, 0.717) is 10.0 Å². The Hall–Kier alpha value is -1.26. The standard InChI is InChI=1S/C10H7ClN2OS/c11-9-5-12-6-13-10(9)15-8-3-1-2-7(14)4-8/h1-6,14H. The summed E-state index contributed by atoms with van der Waals surface area (Å²) in [7, 11) is 0. The Kier molecular flexibility index (Phi) is 3.08. The number of phenols is 1. The number of nitrogens with zero attached hydrogens (tertiary/aromatic N) is 2. The van der Waals surface area contributed by atoms with Crippen molar-refractivity contribution in [1.82, 2.24) is 9.97 Å². The van der Waals surface area contributed by atoms with Gasteiger partial charge in [-0.1, -0.05) is 29.4 Å². The number of hydrogen-bond acceptors (Lipinski definition) is 4. The Labute approximate surface area is 96.1 Å². The van der Waals surface area contributed by atoms with Crippen molar-refractivity contribution in [3.05, 3.63) is 41.8 Å². The summed E-state index contributed by atoms with van der Waals surface area (Å²) >= 11 is 7.29. The summed E-state index contributed by atoms with van der Waals surface area (Å²) in [6, 6.07) is 6.92. The van der Waals surface area contributed by atoms with Crippen molar-refractivity contribution in [2.45, 2.75) is 9.92 Å². The summed E-state index contributed by atoms with van der Waals surface area (Å²) in [4.78, 5) is 8.72. The quantitative estimate of drug-likeness (QED) is 0.817. The highest BCUT2D eigenvalue weighted by molar-refractivity contribution is 7.99. The summed E-state index contributed by atoms with van der Waals surface area (Å²) in [5.41, 5.74) is 0. The lowest BCUT2D eigenvalue weighted by atomic mass is 10.3. The molecule has 2 rings (SSSR count). The Balaban J connectivity index is 2.26. The van der Waals surface area contributed by atoms with Gasteiger partial charge in [-0.3, -0.25) is 0 Å². The van der Waals surface area contributed by atoms with Crippen molar-refractivity contribution in [3.8, 4) is 5.75 Å². The zero-order valence-electron chi connectivity index (χ0n) is 7.59. The van der Waals surface area contributed by atoms with Crippen LogP contribution >= 0.6 is 23.4 Å². The van der Waals surface area contributed by atoms with Crippen LogP contribution in [0.1, 0.15) is 0 Å². The molecule has 76 valence electrons. The number of rotatable bonds is 2. The van der Waals surface area contributed by atoms with E-state index in [-0.39, 0.29) is 5.75 Å². The summed E-state index contributed by atoms with van der Waals surface area (Å²) < 4.78 is 0. The van der Waals surface area contributed by atoms with Crippen LogP contribution in [0.15, 0.2) is 46.7 Å². The van der Waals surface area contributed by atoms with E-state index in [1.165, 1.54) is 18.1 Å². The molecule has 0 bridgehead atoms. The van der Waals surface area contributed by atoms with Crippen LogP contribution in [0.2, 0.25) is 5.02 Å². The Morgan fingerprint density at radius 2 is 2.20 bits per heavy atom. The topological polar surface area (TPSA) is 46.0 Å². The van der Waals surface area contributed by atoms with Crippen molar-refractivity contribution in [1.29, 1.82) is 0 Å². The second-order valence-electron chi connectivity index (χ2n) is 2.78. The predicted octanol–water partition coefficient (Wildman–Crippen LogP) is 2.99. The van der Waals surface area contributed by atoms with Gasteiger partial charge in [0, 0.05) is 4.90 Å². The van der Waals surface area contributed by atoms with Crippen LogP contribution in [0.3, 0.4) is 0 Å². The van der Waals surface area contributed by atoms with Gasteiger partial charge in [0.15, 0.2) is 0 Å². The average Bonchev–Trinajstić information content (AvgIpc) is 2.22. The largest absolute Gasteiger partial charge is 0.508 e. The third-order valence-electron chi connectivity index (χ3n) is 1.67. The zero-order chi connectivity index (χ0) is 10.7. The van der Waals surface area contributed by atoms with Crippen LogP contribution in [-0.4, -0.2) is 15.1 Å². The number of phenolic OH excluding ortho intramolecular Hbond substituents is 1. The zero-order valence-corrected chi connectivity index (χ0v) is 9.16. The first-order chi connectivity index (χ1) is 7.25. The summed E-state index contributed by atoms with van der Waals surface area (Å²) in [5, 5.41) is 10.5. The molecule has 15 heavy (non-hydrogen) atoms. The van der Waals surface area contributed by atoms with Gasteiger partial charge < -0.3 is 5.11 Å². The first-order valence-electron chi connectivity index (χ1n) is 4.18. The smallest absolute Gasteiger partial charge is 0.123 e. The minimum absolute atomic E-state index is 0.227. The Morgan fingerprint density at radius 3 is 2.93 bits per heavy atom. The molecule has 1 N–H and O–H groups in total. The van der Waals surface area contributed by atoms with Crippen molar-refractivity contribution >= 4 is 23.4 Å². The molecule has 5 heteroatoms. The van der Waals surface area contributed by atoms with Crippen molar-refractivity contribution in [2.24, 2.45) is 0 Å². The minimum atomic E-state index is 0.227. The van der Waals surface area contributed by atoms with Gasteiger partial charge in [-0.15, -0.1) is 0 Å². The van der Waals surface area contributed by atoms with E-state index in [2.05, 4.69) is 9.97 Å². The van der Waals surface area contributed by atoms with E-state index >= 15 is 0 Å². The van der Waals surface area contributed by atoms with Crippen LogP contribution in [0.25, 0.3) is 0 Å². The van der Waals surface area contributed by atoms with Gasteiger partial charge in [-0.25, -0.2) is 9.97 Å². The molecule has 0 unspecified atom stereocenters. The van der Waals surface area contributed by atoms with E-state index in [4.69, 9.17) is 11.6 Å². The van der Waals surface area contributed by atoms with Crippen molar-refractivity contribution in [3.63, 3.8) is 0 Å². The molecule has 2 aromatic rings. The van der Waals surface area contributed by atoms with Crippen molar-refractivity contribution < 1.29 is 5.11 Å². The van der Waals surface area contributed by atoms with E-state index in [1.807, 2.05) is 6.07 Å². The highest BCUT2D eigenvalue weighted by Gasteiger charge is 2.04. The molecular formula is C10H7ClN2OS. The maximum Gasteiger partial charge on any atom is 0.123 e. The fourth-order valence-corrected chi connectivity index (χ4v) is 2.06. The van der Waals surface area contributed by atoms with Gasteiger partial charge in [-0.05, 0) is 18.2 Å². The average molecular weight is 239 g/mol. The second kappa shape index (κ2) is 4.51. The molecule has 1 aromatic carbocycles. The molecule has 0 fully saturated rings. The Bertz CT molecular complexity index is 478. The second-order valence-corrected chi connectivity index (χ2v) is 4.24. The van der Waals surface area contributed by atoms with Gasteiger partial charge in [0.2, 0.25) is 0 Å². The first kappa shape index (κ1) is 10.3. The summed E-state index contributed by atoms with van der Waals surface area (Å²) in [6.45, 7) is 0. The number of halogens is 1. The highest BCUT2D eigenvalue weighted by atomic mass is 35.5. The fraction of sp³-hybridized carbons (Fsp3) is 0. The Morgan fingerprint density at radius 1 is 1.33 bits per heavy atom. The van der Waals surface area contributed by atoms with Crippen LogP contribution in [0.4, 0.5) is 0 Å².